The summed E-state index contributed by atoms with van der Waals surface area (Å²) in [7, 11) is 0. The maximum absolute atomic E-state index is 13.5. The van der Waals surface area contributed by atoms with Crippen LogP contribution < -0.4 is 0 Å². The van der Waals surface area contributed by atoms with Gasteiger partial charge in [-0.05, 0) is 224 Å². The number of piperidine rings is 1. The minimum absolute atomic E-state index is 0.0283. The molecule has 0 bridgehead atoms. The third-order valence-corrected chi connectivity index (χ3v) is 21.7. The van der Waals surface area contributed by atoms with Gasteiger partial charge in [-0.15, -0.1) is 0 Å². The van der Waals surface area contributed by atoms with Crippen molar-refractivity contribution in [3.63, 3.8) is 0 Å². The van der Waals surface area contributed by atoms with Crippen LogP contribution >= 0.6 is 0 Å². The second-order valence-electron chi connectivity index (χ2n) is 28.4. The molecule has 1 aromatic heterocycles. The summed E-state index contributed by atoms with van der Waals surface area (Å²) in [6.45, 7) is 25.5. The van der Waals surface area contributed by atoms with Crippen molar-refractivity contribution in [1.29, 1.82) is 0 Å². The molecule has 5 atom stereocenters. The maximum Gasteiger partial charge on any atom is 0.229 e. The summed E-state index contributed by atoms with van der Waals surface area (Å²) >= 11 is 0. The normalized spacial score (nSPS) is 23.2. The predicted octanol–water partition coefficient (Wildman–Crippen LogP) is 18.7. The van der Waals surface area contributed by atoms with Gasteiger partial charge >= 0.3 is 0 Å². The number of carbonyl (C=O) groups is 3. The first-order chi connectivity index (χ1) is 46.3. The Labute approximate surface area is 570 Å². The summed E-state index contributed by atoms with van der Waals surface area (Å²) in [5.74, 6) is 4.02. The van der Waals surface area contributed by atoms with Crippen molar-refractivity contribution in [1.82, 2.24) is 24.3 Å². The fourth-order valence-corrected chi connectivity index (χ4v) is 15.5. The molecule has 0 radical (unpaired) electrons. The predicted molar refractivity (Wildman–Crippen MR) is 388 cm³/mol. The van der Waals surface area contributed by atoms with Gasteiger partial charge in [-0.1, -0.05) is 148 Å². The lowest BCUT2D eigenvalue weighted by molar-refractivity contribution is -0.157. The van der Waals surface area contributed by atoms with Crippen molar-refractivity contribution in [2.24, 2.45) is 37.2 Å². The smallest absolute Gasteiger partial charge is 0.229 e. The van der Waals surface area contributed by atoms with Crippen LogP contribution in [0.25, 0.3) is 5.69 Å². The molecule has 3 amide bonds. The molecule has 13 rings (SSSR count). The Morgan fingerprint density at radius 1 is 0.583 bits per heavy atom. The second-order valence-corrected chi connectivity index (χ2v) is 28.4. The Kier molecular flexibility index (Phi) is 22.1. The molecule has 13 heteroatoms. The topological polar surface area (TPSA) is 128 Å². The summed E-state index contributed by atoms with van der Waals surface area (Å²) in [4.78, 5) is 68.8. The molecule has 4 heterocycles. The van der Waals surface area contributed by atoms with Crippen molar-refractivity contribution >= 4 is 41.8 Å². The van der Waals surface area contributed by atoms with Gasteiger partial charge in [0.25, 0.3) is 0 Å². The van der Waals surface area contributed by atoms with Gasteiger partial charge < -0.3 is 19.3 Å². The highest BCUT2D eigenvalue weighted by atomic mass is 19.1. The second kappa shape index (κ2) is 30.7. The Bertz CT molecular complexity index is 3800. The van der Waals surface area contributed by atoms with E-state index in [1.807, 2.05) is 62.8 Å². The summed E-state index contributed by atoms with van der Waals surface area (Å²) in [5, 5.41) is 0. The van der Waals surface area contributed by atoms with Crippen LogP contribution in [0.2, 0.25) is 0 Å². The molecule has 0 N–H and O–H groups in total. The van der Waals surface area contributed by atoms with E-state index in [9.17, 15) is 18.8 Å². The highest BCUT2D eigenvalue weighted by Crippen LogP contribution is 2.57. The van der Waals surface area contributed by atoms with E-state index < -0.39 is 0 Å². The average molecular weight is 1290 g/mol. The average Bonchev–Trinajstić information content (AvgIpc) is 0.831. The Morgan fingerprint density at radius 2 is 1.05 bits per heavy atom. The van der Waals surface area contributed by atoms with Crippen LogP contribution in [0, 0.1) is 50.8 Å². The van der Waals surface area contributed by atoms with Crippen molar-refractivity contribution in [2.45, 2.75) is 201 Å². The molecule has 4 fully saturated rings. The van der Waals surface area contributed by atoms with E-state index in [1.54, 1.807) is 12.1 Å². The lowest BCUT2D eigenvalue weighted by Gasteiger charge is -2.53. The van der Waals surface area contributed by atoms with Gasteiger partial charge in [0.05, 0.1) is 35.6 Å². The quantitative estimate of drug-likeness (QED) is 0.0753. The Balaban J connectivity index is 0.000000146. The zero-order valence-corrected chi connectivity index (χ0v) is 58.6. The summed E-state index contributed by atoms with van der Waals surface area (Å²) in [6, 6.07) is 47.8. The first-order valence-electron chi connectivity index (χ1n) is 35.6. The molecule has 1 spiro atoms. The van der Waals surface area contributed by atoms with Crippen molar-refractivity contribution in [3.8, 4) is 5.69 Å². The number of rotatable bonds is 20. The van der Waals surface area contributed by atoms with E-state index >= 15 is 0 Å². The molecule has 12 nitrogen and oxygen atoms in total. The van der Waals surface area contributed by atoms with Crippen LogP contribution in [0.15, 0.2) is 172 Å². The summed E-state index contributed by atoms with van der Waals surface area (Å²) in [6.07, 6.45) is 19.7. The number of hydrogen-bond donors (Lipinski definition) is 0. The molecule has 1 saturated heterocycles. The molecule has 502 valence electrons. The molecule has 96 heavy (non-hydrogen) atoms. The number of amidine groups is 2. The molecule has 3 saturated carbocycles. The molecular formula is C83H100FN9O3. The van der Waals surface area contributed by atoms with Gasteiger partial charge in [0.2, 0.25) is 17.7 Å². The van der Waals surface area contributed by atoms with Crippen LogP contribution in [-0.2, 0) is 14.4 Å². The monoisotopic (exact) mass is 1290 g/mol. The van der Waals surface area contributed by atoms with Gasteiger partial charge in [0, 0.05) is 55.8 Å². The summed E-state index contributed by atoms with van der Waals surface area (Å²) < 4.78 is 15.4. The van der Waals surface area contributed by atoms with Gasteiger partial charge in [-0.25, -0.2) is 19.4 Å². The molecule has 7 aromatic rings. The molecule has 3 aliphatic heterocycles. The number of nitrogens with zero attached hydrogens (tertiary/aromatic N) is 9. The van der Waals surface area contributed by atoms with Gasteiger partial charge in [0.1, 0.15) is 29.6 Å². The first-order valence-corrected chi connectivity index (χ1v) is 35.6. The van der Waals surface area contributed by atoms with Gasteiger partial charge in [0.15, 0.2) is 0 Å². The third kappa shape index (κ3) is 15.5. The van der Waals surface area contributed by atoms with E-state index in [2.05, 4.69) is 198 Å². The van der Waals surface area contributed by atoms with E-state index in [0.717, 1.165) is 125 Å². The highest BCUT2D eigenvalue weighted by molar-refractivity contribution is 5.96. The van der Waals surface area contributed by atoms with E-state index in [-0.39, 0.29) is 59.2 Å². The highest BCUT2D eigenvalue weighted by Gasteiger charge is 2.54. The van der Waals surface area contributed by atoms with Crippen LogP contribution in [-0.4, -0.2) is 85.7 Å². The third-order valence-electron chi connectivity index (χ3n) is 21.7. The SMILES string of the molecule is CCCCN(C(=O)C1CC(c2ccc(C3C=NC(C)=N3)c(C)c2)C1)C(C)c1ccccc1.CCCCN(C(=O)C1CC(c2ccc(C3C=NC(C)=N3)c(C)c2)C1)C(C)c1ccccc1.Cc1cn(-c2ccc(C3CC4(CCCN(C(C)c5ccc(F)cc5)C4=O)C3)cc2C)cn1. The van der Waals surface area contributed by atoms with Crippen LogP contribution in [0.3, 0.4) is 0 Å². The van der Waals surface area contributed by atoms with E-state index in [1.165, 1.54) is 67.8 Å². The zero-order chi connectivity index (χ0) is 67.8. The Morgan fingerprint density at radius 3 is 1.48 bits per heavy atom. The van der Waals surface area contributed by atoms with Crippen molar-refractivity contribution in [2.75, 3.05) is 19.6 Å². The van der Waals surface area contributed by atoms with Crippen LogP contribution in [0.5, 0.6) is 0 Å². The number of likely N-dealkylation sites (tertiary alicyclic amines) is 1. The first kappa shape index (κ1) is 68.9. The number of carbonyl (C=O) groups excluding carboxylic acids is 3. The number of aryl methyl sites for hydroxylation is 4. The number of benzene rings is 6. The standard InChI is InChI=1S/2C28H35N3O.C27H30FN3O/c2*1-5-6-14-31(20(3)22-10-8-7-9-11-22)28(32)25-16-24(17-25)23-12-13-26(19(2)15-23)27-18-29-21(4)30-27;1-18-13-22(7-10-25(18)30-16-19(2)29-17-30)23-14-27(15-23)11-4-12-31(26(27)32)20(3)21-5-8-24(28)9-6-21/h2*7-13,15,18,20,24-25,27H,5-6,14,16-17H2,1-4H3;5-10,13,16-17,20,23H,4,11-12,14-15H2,1-3H3. The molecule has 3 aliphatic carbocycles. The number of aliphatic imine (C=N–C) groups is 4. The largest absolute Gasteiger partial charge is 0.336 e. The molecule has 6 aromatic carbocycles. The number of hydrogen-bond acceptors (Lipinski definition) is 8. The number of aromatic nitrogens is 2. The lowest BCUT2D eigenvalue weighted by atomic mass is 9.56. The van der Waals surface area contributed by atoms with E-state index in [0.29, 0.717) is 29.6 Å². The fourth-order valence-electron chi connectivity index (χ4n) is 15.5. The fraction of sp³-hybridized carbons (Fsp3) is 0.446. The number of halogens is 1. The molecule has 6 aliphatic rings. The molecular weight excluding hydrogens is 1190 g/mol. The maximum atomic E-state index is 13.5. The minimum atomic E-state index is -0.242. The molecule has 5 unspecified atom stereocenters. The van der Waals surface area contributed by atoms with Crippen molar-refractivity contribution < 1.29 is 18.8 Å². The van der Waals surface area contributed by atoms with Crippen LogP contribution in [0.1, 0.15) is 240 Å². The Hall–Kier alpha value is -8.45. The summed E-state index contributed by atoms with van der Waals surface area (Å²) in [5.41, 5.74) is 15.6. The number of imidazole rings is 1. The van der Waals surface area contributed by atoms with Crippen LogP contribution in [0.4, 0.5) is 4.39 Å². The van der Waals surface area contributed by atoms with Gasteiger partial charge in [-0.2, -0.15) is 0 Å². The van der Waals surface area contributed by atoms with E-state index in [4.69, 9.17) is 0 Å². The number of amides is 3. The number of unbranched alkanes of at least 4 members (excludes halogenated alkanes) is 2. The van der Waals surface area contributed by atoms with Gasteiger partial charge in [-0.3, -0.25) is 24.4 Å². The zero-order valence-electron chi connectivity index (χ0n) is 58.6. The minimum Gasteiger partial charge on any atom is -0.336 e. The lowest BCUT2D eigenvalue weighted by Crippen LogP contribution is -2.54. The van der Waals surface area contributed by atoms with Crippen molar-refractivity contribution in [3.05, 3.63) is 225 Å².